The standard InChI is InChI=1S/C17H17ClF2N4O4/c18-12-2-1-10(24-15(27)23-13(25)8-22-24)7-11(12)14(26)21-9-16(28)3-5-17(19,20)6-4-16/h1-2,7-8,28H,3-6,9H2,(H,21,26)(H,23,25,27). The third-order valence-corrected chi connectivity index (χ3v) is 4.97. The molecule has 2 aromatic rings. The average Bonchev–Trinajstić information content (AvgIpc) is 2.64. The highest BCUT2D eigenvalue weighted by Crippen LogP contribution is 2.38. The Kier molecular flexibility index (Phi) is 5.35. The van der Waals surface area contributed by atoms with Gasteiger partial charge in [-0.1, -0.05) is 11.6 Å². The Balaban J connectivity index is 1.77. The molecule has 0 saturated heterocycles. The van der Waals surface area contributed by atoms with Gasteiger partial charge in [-0.3, -0.25) is 14.6 Å². The van der Waals surface area contributed by atoms with Crippen molar-refractivity contribution in [3.8, 4) is 5.69 Å². The van der Waals surface area contributed by atoms with Crippen molar-refractivity contribution in [1.29, 1.82) is 0 Å². The molecule has 3 rings (SSSR count). The van der Waals surface area contributed by atoms with Crippen LogP contribution in [-0.4, -0.2) is 43.8 Å². The van der Waals surface area contributed by atoms with E-state index in [2.05, 4.69) is 10.4 Å². The van der Waals surface area contributed by atoms with Crippen LogP contribution in [0.15, 0.2) is 34.0 Å². The summed E-state index contributed by atoms with van der Waals surface area (Å²) in [5.41, 5.74) is -2.69. The molecule has 1 aliphatic carbocycles. The van der Waals surface area contributed by atoms with Gasteiger partial charge in [0, 0.05) is 19.4 Å². The number of aromatic amines is 1. The number of alkyl halides is 2. The van der Waals surface area contributed by atoms with E-state index in [1.165, 1.54) is 18.2 Å². The van der Waals surface area contributed by atoms with Gasteiger partial charge in [0.1, 0.15) is 6.20 Å². The topological polar surface area (TPSA) is 117 Å². The van der Waals surface area contributed by atoms with Crippen molar-refractivity contribution in [3.63, 3.8) is 0 Å². The molecule has 150 valence electrons. The molecule has 8 nitrogen and oxygen atoms in total. The summed E-state index contributed by atoms with van der Waals surface area (Å²) in [6.45, 7) is -0.209. The van der Waals surface area contributed by atoms with Crippen LogP contribution in [0.3, 0.4) is 0 Å². The number of aromatic nitrogens is 3. The van der Waals surface area contributed by atoms with Gasteiger partial charge in [0.15, 0.2) is 0 Å². The van der Waals surface area contributed by atoms with Crippen LogP contribution in [0.25, 0.3) is 5.69 Å². The molecule has 1 aliphatic rings. The number of rotatable bonds is 4. The van der Waals surface area contributed by atoms with Crippen molar-refractivity contribution < 1.29 is 18.7 Å². The summed E-state index contributed by atoms with van der Waals surface area (Å²) in [5.74, 6) is -3.44. The fraction of sp³-hybridized carbons (Fsp3) is 0.412. The second-order valence-electron chi connectivity index (χ2n) is 6.78. The predicted molar refractivity (Wildman–Crippen MR) is 96.2 cm³/mol. The van der Waals surface area contributed by atoms with Gasteiger partial charge in [0.25, 0.3) is 11.5 Å². The summed E-state index contributed by atoms with van der Waals surface area (Å²) < 4.78 is 27.4. The van der Waals surface area contributed by atoms with E-state index in [1.54, 1.807) is 0 Å². The van der Waals surface area contributed by atoms with E-state index in [9.17, 15) is 28.3 Å². The van der Waals surface area contributed by atoms with E-state index in [4.69, 9.17) is 11.6 Å². The molecule has 11 heteroatoms. The summed E-state index contributed by atoms with van der Waals surface area (Å²) >= 11 is 6.05. The highest BCUT2D eigenvalue weighted by atomic mass is 35.5. The molecule has 0 aliphatic heterocycles. The smallest absolute Gasteiger partial charge is 0.349 e. The van der Waals surface area contributed by atoms with Gasteiger partial charge in [-0.05, 0) is 31.0 Å². The molecule has 0 bridgehead atoms. The van der Waals surface area contributed by atoms with Crippen LogP contribution in [-0.2, 0) is 0 Å². The Hall–Kier alpha value is -2.59. The molecule has 3 N–H and O–H groups in total. The van der Waals surface area contributed by atoms with Crippen molar-refractivity contribution >= 4 is 17.5 Å². The van der Waals surface area contributed by atoms with Crippen LogP contribution >= 0.6 is 11.6 Å². The molecule has 1 saturated carbocycles. The minimum absolute atomic E-state index is 0.00352. The molecular formula is C17H17ClF2N4O4. The van der Waals surface area contributed by atoms with Gasteiger partial charge in [0.2, 0.25) is 5.92 Å². The van der Waals surface area contributed by atoms with Crippen molar-refractivity contribution in [2.75, 3.05) is 6.54 Å². The molecule has 1 aromatic heterocycles. The SMILES string of the molecule is O=C(NCC1(O)CCC(F)(F)CC1)c1cc(-n2ncc(=O)[nH]c2=O)ccc1Cl. The number of benzene rings is 1. The largest absolute Gasteiger partial charge is 0.388 e. The normalized spacial score (nSPS) is 17.9. The van der Waals surface area contributed by atoms with Crippen LogP contribution in [0, 0.1) is 0 Å². The van der Waals surface area contributed by atoms with Crippen LogP contribution in [0.5, 0.6) is 0 Å². The van der Waals surface area contributed by atoms with Crippen molar-refractivity contribution in [2.45, 2.75) is 37.2 Å². The number of H-pyrrole nitrogens is 1. The van der Waals surface area contributed by atoms with E-state index in [1.807, 2.05) is 4.98 Å². The molecule has 1 heterocycles. The molecular weight excluding hydrogens is 398 g/mol. The van der Waals surface area contributed by atoms with Crippen molar-refractivity contribution in [3.05, 3.63) is 55.8 Å². The Morgan fingerprint density at radius 1 is 1.29 bits per heavy atom. The van der Waals surface area contributed by atoms with Gasteiger partial charge in [-0.2, -0.15) is 9.78 Å². The number of nitrogens with zero attached hydrogens (tertiary/aromatic N) is 2. The van der Waals surface area contributed by atoms with E-state index in [0.717, 1.165) is 10.9 Å². The second-order valence-corrected chi connectivity index (χ2v) is 7.19. The third kappa shape index (κ3) is 4.45. The highest BCUT2D eigenvalue weighted by Gasteiger charge is 2.42. The number of hydrogen-bond acceptors (Lipinski definition) is 5. The molecule has 0 unspecified atom stereocenters. The molecule has 1 amide bonds. The lowest BCUT2D eigenvalue weighted by Gasteiger charge is -2.35. The van der Waals surface area contributed by atoms with Crippen LogP contribution in [0.1, 0.15) is 36.0 Å². The summed E-state index contributed by atoms with van der Waals surface area (Å²) in [6.07, 6.45) is -0.258. The van der Waals surface area contributed by atoms with Gasteiger partial charge < -0.3 is 10.4 Å². The lowest BCUT2D eigenvalue weighted by molar-refractivity contribution is -0.101. The van der Waals surface area contributed by atoms with Crippen molar-refractivity contribution in [1.82, 2.24) is 20.1 Å². The molecule has 28 heavy (non-hydrogen) atoms. The quantitative estimate of drug-likeness (QED) is 0.696. The van der Waals surface area contributed by atoms with Crippen molar-refractivity contribution in [2.24, 2.45) is 0 Å². The van der Waals surface area contributed by atoms with E-state index in [-0.39, 0.29) is 35.7 Å². The minimum atomic E-state index is -2.80. The zero-order valence-electron chi connectivity index (χ0n) is 14.5. The maximum atomic E-state index is 13.3. The highest BCUT2D eigenvalue weighted by molar-refractivity contribution is 6.33. The minimum Gasteiger partial charge on any atom is -0.388 e. The summed E-state index contributed by atoms with van der Waals surface area (Å²) in [7, 11) is 0. The molecule has 0 atom stereocenters. The fourth-order valence-electron chi connectivity index (χ4n) is 2.95. The van der Waals surface area contributed by atoms with Gasteiger partial charge in [-0.15, -0.1) is 0 Å². The van der Waals surface area contributed by atoms with Crippen LogP contribution in [0.4, 0.5) is 8.78 Å². The maximum absolute atomic E-state index is 13.3. The van der Waals surface area contributed by atoms with Gasteiger partial charge >= 0.3 is 5.69 Å². The van der Waals surface area contributed by atoms with Gasteiger partial charge in [-0.25, -0.2) is 13.6 Å². The zero-order valence-corrected chi connectivity index (χ0v) is 15.3. The summed E-state index contributed by atoms with van der Waals surface area (Å²) in [5, 5.41) is 16.7. The van der Waals surface area contributed by atoms with E-state index >= 15 is 0 Å². The molecule has 1 aromatic carbocycles. The number of amides is 1. The number of nitrogens with one attached hydrogen (secondary N) is 2. The van der Waals surface area contributed by atoms with E-state index in [0.29, 0.717) is 0 Å². The monoisotopic (exact) mass is 414 g/mol. The lowest BCUT2D eigenvalue weighted by Crippen LogP contribution is -2.47. The predicted octanol–water partition coefficient (Wildman–Crippen LogP) is 1.24. The number of aliphatic hydroxyl groups is 1. The average molecular weight is 415 g/mol. The number of halogens is 3. The first-order valence-electron chi connectivity index (χ1n) is 8.46. The van der Waals surface area contributed by atoms with Gasteiger partial charge in [0.05, 0.1) is 21.9 Å². The summed E-state index contributed by atoms with van der Waals surface area (Å²) in [4.78, 5) is 37.5. The number of carbonyl (C=O) groups excluding carboxylic acids is 1. The Bertz CT molecular complexity index is 1010. The lowest BCUT2D eigenvalue weighted by atomic mass is 9.82. The number of carbonyl (C=O) groups is 1. The Morgan fingerprint density at radius 3 is 2.61 bits per heavy atom. The Morgan fingerprint density at radius 2 is 1.96 bits per heavy atom. The van der Waals surface area contributed by atoms with E-state index < -0.39 is 41.5 Å². The fourth-order valence-corrected chi connectivity index (χ4v) is 3.16. The Labute approximate surface area is 162 Å². The zero-order chi connectivity index (χ0) is 20.5. The molecule has 1 fully saturated rings. The third-order valence-electron chi connectivity index (χ3n) is 4.64. The summed E-state index contributed by atoms with van der Waals surface area (Å²) in [6, 6.07) is 4.10. The maximum Gasteiger partial charge on any atom is 0.349 e. The first kappa shape index (κ1) is 20.2. The molecule has 0 spiro atoms. The first-order valence-corrected chi connectivity index (χ1v) is 8.83. The van der Waals surface area contributed by atoms with Crippen LogP contribution < -0.4 is 16.6 Å². The number of hydrogen-bond donors (Lipinski definition) is 3. The second kappa shape index (κ2) is 7.44. The molecule has 0 radical (unpaired) electrons. The first-order chi connectivity index (χ1) is 13.1. The van der Waals surface area contributed by atoms with Crippen LogP contribution in [0.2, 0.25) is 5.02 Å².